The van der Waals surface area contributed by atoms with E-state index in [1.165, 1.54) is 25.3 Å². The number of amides is 1. The number of benzene rings is 1. The molecule has 6 nitrogen and oxygen atoms in total. The van der Waals surface area contributed by atoms with Gasteiger partial charge in [-0.25, -0.2) is 0 Å². The summed E-state index contributed by atoms with van der Waals surface area (Å²) in [5.41, 5.74) is 5.32. The molecule has 6 heteroatoms. The number of rotatable bonds is 3. The summed E-state index contributed by atoms with van der Waals surface area (Å²) in [6.07, 6.45) is -0.0693. The molecule has 0 aliphatic heterocycles. The van der Waals surface area contributed by atoms with E-state index >= 15 is 0 Å². The Morgan fingerprint density at radius 2 is 2.29 bits per heavy atom. The van der Waals surface area contributed by atoms with Crippen molar-refractivity contribution in [2.45, 2.75) is 6.42 Å². The Labute approximate surface area is 97.5 Å². The Kier molecular flexibility index (Phi) is 4.06. The van der Waals surface area contributed by atoms with E-state index in [1.807, 2.05) is 0 Å². The van der Waals surface area contributed by atoms with Crippen molar-refractivity contribution < 1.29 is 14.5 Å². The van der Waals surface area contributed by atoms with E-state index in [-0.39, 0.29) is 17.9 Å². The molecular weight excluding hydrogens is 224 g/mol. The highest BCUT2D eigenvalue weighted by atomic mass is 16.6. The average Bonchev–Trinajstić information content (AvgIpc) is 2.28. The van der Waals surface area contributed by atoms with Gasteiger partial charge in [-0.1, -0.05) is 11.8 Å². The summed E-state index contributed by atoms with van der Waals surface area (Å²) in [5, 5.41) is 10.5. The number of ether oxygens (including phenoxy) is 1. The number of nitrogens with zero attached hydrogens (tertiary/aromatic N) is 1. The van der Waals surface area contributed by atoms with Gasteiger partial charge in [-0.2, -0.15) is 0 Å². The third-order valence-corrected chi connectivity index (χ3v) is 1.88. The van der Waals surface area contributed by atoms with Gasteiger partial charge in [0.15, 0.2) is 0 Å². The van der Waals surface area contributed by atoms with E-state index in [0.29, 0.717) is 5.56 Å². The maximum Gasteiger partial charge on any atom is 0.273 e. The quantitative estimate of drug-likeness (QED) is 0.476. The third-order valence-electron chi connectivity index (χ3n) is 1.88. The zero-order valence-electron chi connectivity index (χ0n) is 9.10. The van der Waals surface area contributed by atoms with Gasteiger partial charge < -0.3 is 10.5 Å². The van der Waals surface area contributed by atoms with Crippen LogP contribution in [0.25, 0.3) is 0 Å². The van der Waals surface area contributed by atoms with E-state index in [2.05, 4.69) is 11.8 Å². The fourth-order valence-corrected chi connectivity index (χ4v) is 1.12. The van der Waals surface area contributed by atoms with E-state index < -0.39 is 10.8 Å². The van der Waals surface area contributed by atoms with Crippen molar-refractivity contribution in [1.82, 2.24) is 0 Å². The van der Waals surface area contributed by atoms with Crippen LogP contribution < -0.4 is 10.5 Å². The number of carbonyl (C=O) groups is 1. The third kappa shape index (κ3) is 3.50. The van der Waals surface area contributed by atoms with Crippen LogP contribution in [-0.2, 0) is 4.79 Å². The van der Waals surface area contributed by atoms with Gasteiger partial charge in [-0.15, -0.1) is 0 Å². The first-order valence-electron chi connectivity index (χ1n) is 4.64. The Bertz CT molecular complexity index is 514. The van der Waals surface area contributed by atoms with Gasteiger partial charge in [0.05, 0.1) is 30.1 Å². The van der Waals surface area contributed by atoms with Crippen LogP contribution in [0.3, 0.4) is 0 Å². The molecule has 0 spiro atoms. The fourth-order valence-electron chi connectivity index (χ4n) is 1.12. The van der Waals surface area contributed by atoms with Gasteiger partial charge in [0.2, 0.25) is 5.91 Å². The fraction of sp³-hybridized carbons (Fsp3) is 0.182. The second-order valence-corrected chi connectivity index (χ2v) is 3.09. The lowest BCUT2D eigenvalue weighted by atomic mass is 10.2. The lowest BCUT2D eigenvalue weighted by Gasteiger charge is -2.02. The van der Waals surface area contributed by atoms with Crippen molar-refractivity contribution in [3.05, 3.63) is 33.9 Å². The van der Waals surface area contributed by atoms with Crippen molar-refractivity contribution in [3.63, 3.8) is 0 Å². The van der Waals surface area contributed by atoms with Crippen LogP contribution in [0.4, 0.5) is 5.69 Å². The molecule has 0 aromatic heterocycles. The normalized spacial score (nSPS) is 9.00. The molecule has 17 heavy (non-hydrogen) atoms. The van der Waals surface area contributed by atoms with E-state index in [4.69, 9.17) is 10.5 Å². The molecule has 0 aliphatic carbocycles. The summed E-state index contributed by atoms with van der Waals surface area (Å²) in [5.74, 6) is 4.97. The Balaban J connectivity index is 3.03. The number of primary amides is 1. The highest BCUT2D eigenvalue weighted by Crippen LogP contribution is 2.23. The van der Waals surface area contributed by atoms with Gasteiger partial charge in [0, 0.05) is 6.07 Å². The topological polar surface area (TPSA) is 95.5 Å². The SMILES string of the molecule is COc1cc([N+](=O)[O-])ccc1C#CCC(N)=O. The van der Waals surface area contributed by atoms with Crippen molar-refractivity contribution in [2.75, 3.05) is 7.11 Å². The second kappa shape index (κ2) is 5.51. The average molecular weight is 234 g/mol. The van der Waals surface area contributed by atoms with Crippen LogP contribution in [-0.4, -0.2) is 17.9 Å². The zero-order valence-corrected chi connectivity index (χ0v) is 9.10. The van der Waals surface area contributed by atoms with Crippen molar-refractivity contribution in [2.24, 2.45) is 5.73 Å². The number of hydrogen-bond donors (Lipinski definition) is 1. The van der Waals surface area contributed by atoms with Gasteiger partial charge in [-0.05, 0) is 6.07 Å². The van der Waals surface area contributed by atoms with Crippen LogP contribution in [0.1, 0.15) is 12.0 Å². The molecule has 1 aromatic rings. The molecule has 0 unspecified atom stereocenters. The standard InChI is InChI=1S/C11H10N2O4/c1-17-10-7-9(13(15)16)6-5-8(10)3-2-4-11(12)14/h5-7H,4H2,1H3,(H2,12,14). The number of non-ortho nitro benzene ring substituents is 1. The van der Waals surface area contributed by atoms with Gasteiger partial charge in [-0.3, -0.25) is 14.9 Å². The smallest absolute Gasteiger partial charge is 0.273 e. The number of hydrogen-bond acceptors (Lipinski definition) is 4. The maximum absolute atomic E-state index is 10.5. The van der Waals surface area contributed by atoms with Gasteiger partial charge in [0.1, 0.15) is 5.75 Å². The van der Waals surface area contributed by atoms with Crippen LogP contribution in [0.15, 0.2) is 18.2 Å². The molecule has 0 bridgehead atoms. The van der Waals surface area contributed by atoms with E-state index in [1.54, 1.807) is 0 Å². The Hall–Kier alpha value is -2.55. The predicted molar refractivity (Wildman–Crippen MR) is 60.3 cm³/mol. The van der Waals surface area contributed by atoms with Crippen molar-refractivity contribution >= 4 is 11.6 Å². The molecule has 0 saturated heterocycles. The molecule has 1 amide bonds. The summed E-state index contributed by atoms with van der Waals surface area (Å²) >= 11 is 0. The molecule has 0 heterocycles. The van der Waals surface area contributed by atoms with Crippen LogP contribution in [0, 0.1) is 22.0 Å². The first-order valence-corrected chi connectivity index (χ1v) is 4.64. The molecule has 0 fully saturated rings. The van der Waals surface area contributed by atoms with Crippen LogP contribution in [0.5, 0.6) is 5.75 Å². The number of nitrogens with two attached hydrogens (primary N) is 1. The molecule has 0 radical (unpaired) electrons. The van der Waals surface area contributed by atoms with Crippen LogP contribution in [0.2, 0.25) is 0 Å². The number of carbonyl (C=O) groups excluding carboxylic acids is 1. The van der Waals surface area contributed by atoms with Gasteiger partial charge >= 0.3 is 0 Å². The molecule has 88 valence electrons. The lowest BCUT2D eigenvalue weighted by molar-refractivity contribution is -0.384. The Morgan fingerprint density at radius 1 is 1.59 bits per heavy atom. The molecular formula is C11H10N2O4. The zero-order chi connectivity index (χ0) is 12.8. The van der Waals surface area contributed by atoms with E-state index in [0.717, 1.165) is 0 Å². The molecule has 0 aliphatic rings. The molecule has 1 aromatic carbocycles. The summed E-state index contributed by atoms with van der Waals surface area (Å²) in [6.45, 7) is 0. The van der Waals surface area contributed by atoms with Crippen molar-refractivity contribution in [3.8, 4) is 17.6 Å². The minimum Gasteiger partial charge on any atom is -0.495 e. The summed E-state index contributed by atoms with van der Waals surface area (Å²) < 4.78 is 4.97. The highest BCUT2D eigenvalue weighted by Gasteiger charge is 2.09. The van der Waals surface area contributed by atoms with Crippen LogP contribution >= 0.6 is 0 Å². The Morgan fingerprint density at radius 3 is 2.82 bits per heavy atom. The molecule has 0 atom stereocenters. The monoisotopic (exact) mass is 234 g/mol. The first kappa shape index (κ1) is 12.5. The summed E-state index contributed by atoms with van der Waals surface area (Å²) in [7, 11) is 1.39. The number of methoxy groups -OCH3 is 1. The number of nitro benzene ring substituents is 1. The summed E-state index contributed by atoms with van der Waals surface area (Å²) in [6, 6.07) is 4.05. The lowest BCUT2D eigenvalue weighted by Crippen LogP contribution is -2.08. The molecule has 1 rings (SSSR count). The molecule has 0 saturated carbocycles. The minimum atomic E-state index is -0.529. The van der Waals surface area contributed by atoms with Gasteiger partial charge in [0.25, 0.3) is 5.69 Å². The van der Waals surface area contributed by atoms with Crippen molar-refractivity contribution in [1.29, 1.82) is 0 Å². The highest BCUT2D eigenvalue weighted by molar-refractivity contribution is 5.76. The minimum absolute atomic E-state index is 0.0693. The van der Waals surface area contributed by atoms with E-state index in [9.17, 15) is 14.9 Å². The largest absolute Gasteiger partial charge is 0.495 e. The predicted octanol–water partition coefficient (Wildman–Crippen LogP) is 0.830. The first-order chi connectivity index (χ1) is 8.04. The number of nitro groups is 1. The second-order valence-electron chi connectivity index (χ2n) is 3.09. The maximum atomic E-state index is 10.5. The molecule has 2 N–H and O–H groups in total. The summed E-state index contributed by atoms with van der Waals surface area (Å²) in [4.78, 5) is 20.5.